The van der Waals surface area contributed by atoms with Gasteiger partial charge in [0.05, 0.1) is 0 Å². The van der Waals surface area contributed by atoms with Crippen molar-refractivity contribution in [1.82, 2.24) is 9.88 Å². The highest BCUT2D eigenvalue weighted by molar-refractivity contribution is 5.93. The van der Waals surface area contributed by atoms with Crippen LogP contribution in [0.3, 0.4) is 0 Å². The van der Waals surface area contributed by atoms with Gasteiger partial charge in [0.2, 0.25) is 0 Å². The topological polar surface area (TPSA) is 48.5 Å². The van der Waals surface area contributed by atoms with Crippen molar-refractivity contribution in [3.05, 3.63) is 48.3 Å². The fourth-order valence-corrected chi connectivity index (χ4v) is 3.15. The zero-order valence-corrected chi connectivity index (χ0v) is 17.0. The second kappa shape index (κ2) is 10.6. The average molecular weight is 369 g/mol. The lowest BCUT2D eigenvalue weighted by Crippen LogP contribution is -2.33. The maximum Gasteiger partial charge on any atom is 0.272 e. The Morgan fingerprint density at radius 2 is 1.56 bits per heavy atom. The Balaban J connectivity index is 2.12. The van der Waals surface area contributed by atoms with Crippen LogP contribution in [0.4, 0.5) is 17.1 Å². The lowest BCUT2D eigenvalue weighted by Gasteiger charge is -2.22. The summed E-state index contributed by atoms with van der Waals surface area (Å²) in [5.74, 6) is -0.000712. The number of amides is 1. The first-order valence-electron chi connectivity index (χ1n) is 10.00. The first-order valence-corrected chi connectivity index (χ1v) is 10.00. The van der Waals surface area contributed by atoms with E-state index in [2.05, 4.69) is 67.2 Å². The summed E-state index contributed by atoms with van der Waals surface area (Å²) in [7, 11) is 0. The van der Waals surface area contributed by atoms with Crippen LogP contribution >= 0.6 is 0 Å². The van der Waals surface area contributed by atoms with Gasteiger partial charge in [-0.3, -0.25) is 9.78 Å². The minimum absolute atomic E-state index is 0.000712. The van der Waals surface area contributed by atoms with Crippen molar-refractivity contribution in [1.29, 1.82) is 0 Å². The number of nitrogens with zero attached hydrogens (tertiary/aromatic N) is 3. The van der Waals surface area contributed by atoms with Crippen molar-refractivity contribution in [2.75, 3.05) is 36.4 Å². The predicted molar refractivity (Wildman–Crippen MR) is 114 cm³/mol. The summed E-state index contributed by atoms with van der Waals surface area (Å²) in [4.78, 5) is 21.2. The number of pyridine rings is 1. The minimum atomic E-state index is -0.000712. The van der Waals surface area contributed by atoms with Crippen LogP contribution in [0.5, 0.6) is 0 Å². The number of carbonyl (C=O) groups excluding carboxylic acids is 1. The Hall–Kier alpha value is -2.56. The van der Waals surface area contributed by atoms with Crippen LogP contribution in [0.15, 0.2) is 42.6 Å². The zero-order chi connectivity index (χ0) is 19.6. The maximum atomic E-state index is 12.7. The molecule has 0 saturated carbocycles. The molecule has 0 bridgehead atoms. The molecule has 1 N–H and O–H groups in total. The summed E-state index contributed by atoms with van der Waals surface area (Å²) < 4.78 is 0. The molecule has 0 aliphatic rings. The van der Waals surface area contributed by atoms with Crippen LogP contribution in [0, 0.1) is 0 Å². The van der Waals surface area contributed by atoms with Gasteiger partial charge < -0.3 is 15.1 Å². The summed E-state index contributed by atoms with van der Waals surface area (Å²) in [6.07, 6.45) is 3.58. The molecular weight excluding hydrogens is 336 g/mol. The first kappa shape index (κ1) is 20.7. The first-order chi connectivity index (χ1) is 13.1. The predicted octanol–water partition coefficient (Wildman–Crippen LogP) is 4.93. The molecule has 1 amide bonds. The van der Waals surface area contributed by atoms with E-state index in [-0.39, 0.29) is 5.91 Å². The van der Waals surface area contributed by atoms with Crippen LogP contribution in [0.2, 0.25) is 0 Å². The van der Waals surface area contributed by atoms with Gasteiger partial charge in [0.15, 0.2) is 0 Å². The van der Waals surface area contributed by atoms with Crippen molar-refractivity contribution in [3.8, 4) is 0 Å². The van der Waals surface area contributed by atoms with Crippen LogP contribution in [0.25, 0.3) is 0 Å². The third-order valence-electron chi connectivity index (χ3n) is 4.54. The van der Waals surface area contributed by atoms with Crippen LogP contribution in [-0.4, -0.2) is 42.0 Å². The van der Waals surface area contributed by atoms with Gasteiger partial charge in [-0.05, 0) is 63.1 Å². The van der Waals surface area contributed by atoms with Crippen molar-refractivity contribution in [3.63, 3.8) is 0 Å². The van der Waals surface area contributed by atoms with E-state index in [1.54, 1.807) is 6.20 Å². The Bertz CT molecular complexity index is 705. The van der Waals surface area contributed by atoms with Crippen LogP contribution in [-0.2, 0) is 0 Å². The van der Waals surface area contributed by atoms with Crippen molar-refractivity contribution >= 4 is 23.0 Å². The van der Waals surface area contributed by atoms with E-state index < -0.39 is 0 Å². The number of hydrogen-bond donors (Lipinski definition) is 1. The molecule has 1 aromatic heterocycles. The van der Waals surface area contributed by atoms with Gasteiger partial charge in [0, 0.05) is 49.4 Å². The van der Waals surface area contributed by atoms with Crippen molar-refractivity contribution in [2.24, 2.45) is 0 Å². The van der Waals surface area contributed by atoms with Crippen LogP contribution in [0.1, 0.15) is 51.0 Å². The zero-order valence-electron chi connectivity index (χ0n) is 17.0. The summed E-state index contributed by atoms with van der Waals surface area (Å²) in [6.45, 7) is 12.0. The standard InChI is InChI=1S/C22H32N4O/c1-5-15-26(16-6-2)22(27)21-17-19(13-14-23-21)24-18-9-11-20(12-10-18)25(7-3)8-4/h9-14,17H,5-8,15-16H2,1-4H3,(H,23,24). The molecule has 146 valence electrons. The smallest absolute Gasteiger partial charge is 0.272 e. The Labute approximate surface area is 163 Å². The number of hydrogen-bond acceptors (Lipinski definition) is 4. The molecule has 0 unspecified atom stereocenters. The van der Waals surface area contributed by atoms with Gasteiger partial charge in [0.25, 0.3) is 5.91 Å². The second-order valence-electron chi connectivity index (χ2n) is 6.57. The third-order valence-corrected chi connectivity index (χ3v) is 4.54. The largest absolute Gasteiger partial charge is 0.372 e. The van der Waals surface area contributed by atoms with E-state index in [9.17, 15) is 4.79 Å². The van der Waals surface area contributed by atoms with Gasteiger partial charge in [-0.2, -0.15) is 0 Å². The molecule has 2 aromatic rings. The second-order valence-corrected chi connectivity index (χ2v) is 6.57. The Morgan fingerprint density at radius 3 is 2.11 bits per heavy atom. The summed E-state index contributed by atoms with van der Waals surface area (Å²) in [5, 5.41) is 3.38. The number of aromatic nitrogens is 1. The SMILES string of the molecule is CCCN(CCC)C(=O)c1cc(Nc2ccc(N(CC)CC)cc2)ccn1. The van der Waals surface area contributed by atoms with Gasteiger partial charge in [-0.1, -0.05) is 13.8 Å². The fraction of sp³-hybridized carbons (Fsp3) is 0.455. The van der Waals surface area contributed by atoms with Crippen molar-refractivity contribution in [2.45, 2.75) is 40.5 Å². The quantitative estimate of drug-likeness (QED) is 0.646. The van der Waals surface area contributed by atoms with E-state index in [0.29, 0.717) is 5.69 Å². The number of rotatable bonds is 10. The monoisotopic (exact) mass is 368 g/mol. The lowest BCUT2D eigenvalue weighted by atomic mass is 10.2. The summed E-state index contributed by atoms with van der Waals surface area (Å²) in [5.41, 5.74) is 3.57. The summed E-state index contributed by atoms with van der Waals surface area (Å²) in [6, 6.07) is 12.1. The molecule has 0 atom stereocenters. The van der Waals surface area contributed by atoms with E-state index in [1.165, 1.54) is 5.69 Å². The van der Waals surface area contributed by atoms with Gasteiger partial charge in [-0.15, -0.1) is 0 Å². The molecule has 5 nitrogen and oxygen atoms in total. The van der Waals surface area contributed by atoms with Gasteiger partial charge >= 0.3 is 0 Å². The Kier molecular flexibility index (Phi) is 8.11. The molecule has 1 aromatic carbocycles. The van der Waals surface area contributed by atoms with E-state index in [0.717, 1.165) is 50.4 Å². The van der Waals surface area contributed by atoms with Gasteiger partial charge in [0.1, 0.15) is 5.69 Å². The molecule has 2 rings (SSSR count). The number of anilines is 3. The highest BCUT2D eigenvalue weighted by atomic mass is 16.2. The molecule has 5 heteroatoms. The minimum Gasteiger partial charge on any atom is -0.372 e. The average Bonchev–Trinajstić information content (AvgIpc) is 2.70. The van der Waals surface area contributed by atoms with Crippen molar-refractivity contribution < 1.29 is 4.79 Å². The molecule has 0 saturated heterocycles. The van der Waals surface area contributed by atoms with E-state index in [4.69, 9.17) is 0 Å². The fourth-order valence-electron chi connectivity index (χ4n) is 3.15. The molecule has 0 fully saturated rings. The number of nitrogens with one attached hydrogen (secondary N) is 1. The molecule has 0 radical (unpaired) electrons. The van der Waals surface area contributed by atoms with E-state index >= 15 is 0 Å². The highest BCUT2D eigenvalue weighted by Gasteiger charge is 2.16. The molecule has 0 aliphatic carbocycles. The van der Waals surface area contributed by atoms with Crippen LogP contribution < -0.4 is 10.2 Å². The number of carbonyl (C=O) groups is 1. The molecular formula is C22H32N4O. The highest BCUT2D eigenvalue weighted by Crippen LogP contribution is 2.21. The Morgan fingerprint density at radius 1 is 0.926 bits per heavy atom. The summed E-state index contributed by atoms with van der Waals surface area (Å²) >= 11 is 0. The van der Waals surface area contributed by atoms with E-state index in [1.807, 2.05) is 17.0 Å². The van der Waals surface area contributed by atoms with Gasteiger partial charge in [-0.25, -0.2) is 0 Å². The molecule has 0 spiro atoms. The molecule has 1 heterocycles. The molecule has 0 aliphatic heterocycles. The maximum absolute atomic E-state index is 12.7. The lowest BCUT2D eigenvalue weighted by molar-refractivity contribution is 0.0749. The normalized spacial score (nSPS) is 10.5. The third kappa shape index (κ3) is 5.71. The number of benzene rings is 1. The molecule has 27 heavy (non-hydrogen) atoms.